The Bertz CT molecular complexity index is 1060. The van der Waals surface area contributed by atoms with Gasteiger partial charge in [-0.1, -0.05) is 13.8 Å². The number of aliphatic hydroxyl groups is 1. The van der Waals surface area contributed by atoms with Crippen molar-refractivity contribution >= 4 is 22.6 Å². The molecular formula is C23H29FN2O4. The molecule has 4 rings (SSSR count). The maximum absolute atomic E-state index is 15.4. The number of hydrogen-bond acceptors (Lipinski definition) is 4. The number of piperidine rings is 1. The summed E-state index contributed by atoms with van der Waals surface area (Å²) >= 11 is 0. The molecular weight excluding hydrogens is 387 g/mol. The van der Waals surface area contributed by atoms with Crippen LogP contribution in [0.5, 0.6) is 0 Å². The second-order valence-electron chi connectivity index (χ2n) is 9.25. The van der Waals surface area contributed by atoms with E-state index in [1.165, 1.54) is 12.3 Å². The van der Waals surface area contributed by atoms with Crippen LogP contribution in [0.3, 0.4) is 0 Å². The van der Waals surface area contributed by atoms with Crippen LogP contribution in [0.2, 0.25) is 0 Å². The van der Waals surface area contributed by atoms with Crippen molar-refractivity contribution in [3.63, 3.8) is 0 Å². The standard InChI is InChI=1S/C23H29FN2O4/c1-12(2)8-14-10-25(7-6-19(14)27)21-15-5-4-13(3)26-11-17(23(29)30)22(28)16(20(15)26)9-18(21)24/h9,11-14,19,27H,4-8,10H2,1-3H3,(H,29,30)/t13?,14?,19-/m0/s1. The van der Waals surface area contributed by atoms with Gasteiger partial charge in [-0.15, -0.1) is 0 Å². The Morgan fingerprint density at radius 1 is 1.33 bits per heavy atom. The number of carboxylic acid groups (broad SMARTS) is 1. The van der Waals surface area contributed by atoms with E-state index in [0.29, 0.717) is 43.1 Å². The number of aromatic carboxylic acids is 1. The number of aryl methyl sites for hydroxylation is 1. The summed E-state index contributed by atoms with van der Waals surface area (Å²) in [7, 11) is 0. The van der Waals surface area contributed by atoms with Crippen LogP contribution in [-0.2, 0) is 6.42 Å². The average Bonchev–Trinajstić information content (AvgIpc) is 2.67. The van der Waals surface area contributed by atoms with Crippen molar-refractivity contribution in [3.8, 4) is 0 Å². The third kappa shape index (κ3) is 3.39. The Morgan fingerprint density at radius 3 is 2.73 bits per heavy atom. The van der Waals surface area contributed by atoms with Gasteiger partial charge in [0.2, 0.25) is 5.43 Å². The van der Waals surface area contributed by atoms with Crippen molar-refractivity contribution in [1.82, 2.24) is 4.57 Å². The summed E-state index contributed by atoms with van der Waals surface area (Å²) in [6.45, 7) is 7.34. The number of anilines is 1. The average molecular weight is 416 g/mol. The van der Waals surface area contributed by atoms with Crippen LogP contribution in [-0.4, -0.2) is 39.9 Å². The molecule has 162 valence electrons. The quantitative estimate of drug-likeness (QED) is 0.796. The number of carbonyl (C=O) groups is 1. The molecule has 3 heterocycles. The lowest BCUT2D eigenvalue weighted by Crippen LogP contribution is -2.44. The van der Waals surface area contributed by atoms with Gasteiger partial charge in [-0.25, -0.2) is 9.18 Å². The van der Waals surface area contributed by atoms with E-state index in [4.69, 9.17) is 0 Å². The molecule has 1 fully saturated rings. The second-order valence-corrected chi connectivity index (χ2v) is 9.25. The van der Waals surface area contributed by atoms with E-state index < -0.39 is 17.2 Å². The smallest absolute Gasteiger partial charge is 0.341 e. The van der Waals surface area contributed by atoms with E-state index in [0.717, 1.165) is 18.4 Å². The van der Waals surface area contributed by atoms with Crippen LogP contribution < -0.4 is 10.3 Å². The first-order valence-corrected chi connectivity index (χ1v) is 10.8. The first-order valence-electron chi connectivity index (χ1n) is 10.8. The van der Waals surface area contributed by atoms with Crippen LogP contribution in [0.25, 0.3) is 10.9 Å². The number of benzene rings is 1. The highest BCUT2D eigenvalue weighted by Gasteiger charge is 2.33. The fourth-order valence-corrected chi connectivity index (χ4v) is 5.19. The van der Waals surface area contributed by atoms with Crippen LogP contribution in [0.1, 0.15) is 62.0 Å². The van der Waals surface area contributed by atoms with E-state index in [2.05, 4.69) is 13.8 Å². The molecule has 0 amide bonds. The fourth-order valence-electron chi connectivity index (χ4n) is 5.19. The largest absolute Gasteiger partial charge is 0.477 e. The van der Waals surface area contributed by atoms with Crippen LogP contribution in [0.4, 0.5) is 10.1 Å². The summed E-state index contributed by atoms with van der Waals surface area (Å²) in [5.41, 5.74) is 0.962. The molecule has 1 aromatic heterocycles. The monoisotopic (exact) mass is 416 g/mol. The Labute approximate surface area is 174 Å². The van der Waals surface area contributed by atoms with Gasteiger partial charge in [0.05, 0.1) is 17.3 Å². The Balaban J connectivity index is 1.89. The van der Waals surface area contributed by atoms with Crippen LogP contribution >= 0.6 is 0 Å². The second kappa shape index (κ2) is 7.69. The lowest BCUT2D eigenvalue weighted by Gasteiger charge is -2.40. The van der Waals surface area contributed by atoms with Crippen molar-refractivity contribution < 1.29 is 19.4 Å². The van der Waals surface area contributed by atoms with E-state index in [9.17, 15) is 19.8 Å². The summed E-state index contributed by atoms with van der Waals surface area (Å²) in [6.07, 6.45) is 3.83. The zero-order chi connectivity index (χ0) is 21.7. The summed E-state index contributed by atoms with van der Waals surface area (Å²) in [4.78, 5) is 26.3. The summed E-state index contributed by atoms with van der Waals surface area (Å²) in [6, 6.07) is 1.23. The van der Waals surface area contributed by atoms with Gasteiger partial charge in [0.1, 0.15) is 11.4 Å². The minimum absolute atomic E-state index is 0.0221. The van der Waals surface area contributed by atoms with Crippen LogP contribution in [0.15, 0.2) is 17.1 Å². The molecule has 3 atom stereocenters. The molecule has 1 saturated heterocycles. The molecule has 0 saturated carbocycles. The highest BCUT2D eigenvalue weighted by molar-refractivity contribution is 5.95. The minimum atomic E-state index is -1.30. The molecule has 2 aliphatic heterocycles. The molecule has 30 heavy (non-hydrogen) atoms. The van der Waals surface area contributed by atoms with Crippen molar-refractivity contribution in [3.05, 3.63) is 39.4 Å². The summed E-state index contributed by atoms with van der Waals surface area (Å²) < 4.78 is 17.2. The molecule has 0 aliphatic carbocycles. The van der Waals surface area contributed by atoms with Gasteiger partial charge in [0, 0.05) is 42.2 Å². The number of aromatic nitrogens is 1. The van der Waals surface area contributed by atoms with Gasteiger partial charge in [-0.2, -0.15) is 0 Å². The predicted octanol–water partition coefficient (Wildman–Crippen LogP) is 3.58. The molecule has 0 spiro atoms. The van der Waals surface area contributed by atoms with E-state index in [-0.39, 0.29) is 29.0 Å². The Kier molecular flexibility index (Phi) is 5.34. The molecule has 1 aromatic carbocycles. The Morgan fingerprint density at radius 2 is 2.07 bits per heavy atom. The third-order valence-corrected chi connectivity index (χ3v) is 6.64. The molecule has 0 bridgehead atoms. The SMILES string of the molecule is CC(C)CC1CN(c2c(F)cc3c(=O)c(C(=O)O)cn4c3c2CCC4C)CC[C@@H]1O. The Hall–Kier alpha value is -2.41. The first kappa shape index (κ1) is 20.8. The van der Waals surface area contributed by atoms with Crippen molar-refractivity contribution in [2.45, 2.75) is 58.6 Å². The number of pyridine rings is 1. The topological polar surface area (TPSA) is 82.8 Å². The highest BCUT2D eigenvalue weighted by atomic mass is 19.1. The molecule has 2 N–H and O–H groups in total. The molecule has 7 heteroatoms. The summed E-state index contributed by atoms with van der Waals surface area (Å²) in [5.74, 6) is -1.28. The van der Waals surface area contributed by atoms with E-state index in [1.807, 2.05) is 16.4 Å². The predicted molar refractivity (Wildman–Crippen MR) is 114 cm³/mol. The number of aliphatic hydroxyl groups excluding tert-OH is 1. The van der Waals surface area contributed by atoms with Gasteiger partial charge in [0.15, 0.2) is 0 Å². The van der Waals surface area contributed by atoms with Crippen molar-refractivity contribution in [2.75, 3.05) is 18.0 Å². The maximum atomic E-state index is 15.4. The molecule has 0 radical (unpaired) electrons. The van der Waals surface area contributed by atoms with E-state index >= 15 is 4.39 Å². The van der Waals surface area contributed by atoms with E-state index in [1.54, 1.807) is 0 Å². The fraction of sp³-hybridized carbons (Fsp3) is 0.565. The minimum Gasteiger partial charge on any atom is -0.477 e. The third-order valence-electron chi connectivity index (χ3n) is 6.64. The molecule has 6 nitrogen and oxygen atoms in total. The van der Waals surface area contributed by atoms with Crippen molar-refractivity contribution in [1.29, 1.82) is 0 Å². The maximum Gasteiger partial charge on any atom is 0.341 e. The number of rotatable bonds is 4. The lowest BCUT2D eigenvalue weighted by molar-refractivity contribution is 0.0694. The first-order chi connectivity index (χ1) is 14.2. The zero-order valence-corrected chi connectivity index (χ0v) is 17.7. The van der Waals surface area contributed by atoms with Crippen molar-refractivity contribution in [2.24, 2.45) is 11.8 Å². The lowest BCUT2D eigenvalue weighted by atomic mass is 9.86. The van der Waals surface area contributed by atoms with Crippen LogP contribution in [0, 0.1) is 17.7 Å². The van der Waals surface area contributed by atoms with Gasteiger partial charge < -0.3 is 19.7 Å². The van der Waals surface area contributed by atoms with Gasteiger partial charge in [-0.3, -0.25) is 4.79 Å². The normalized spacial score (nSPS) is 23.9. The number of carboxylic acids is 1. The highest BCUT2D eigenvalue weighted by Crippen LogP contribution is 2.39. The van der Waals surface area contributed by atoms with Gasteiger partial charge in [0.25, 0.3) is 0 Å². The zero-order valence-electron chi connectivity index (χ0n) is 17.7. The van der Waals surface area contributed by atoms with Gasteiger partial charge in [-0.05, 0) is 44.6 Å². The summed E-state index contributed by atoms with van der Waals surface area (Å²) in [5, 5.41) is 20.0. The van der Waals surface area contributed by atoms with Gasteiger partial charge >= 0.3 is 5.97 Å². The molecule has 2 aliphatic rings. The molecule has 2 unspecified atom stereocenters. The number of hydrogen-bond donors (Lipinski definition) is 2. The molecule has 2 aromatic rings. The number of halogens is 1. The number of nitrogens with zero attached hydrogens (tertiary/aromatic N) is 2.